The lowest BCUT2D eigenvalue weighted by molar-refractivity contribution is 0.121. The van der Waals surface area contributed by atoms with Gasteiger partial charge >= 0.3 is 0 Å². The molecule has 3 heterocycles. The second-order valence-electron chi connectivity index (χ2n) is 6.19. The standard InChI is InChI=1S/C16H18ClN5O/c1-23-14-4-12(22-9-16(10-22)7-18-8-16)2-3-13(14)21-15-19-5-11(17)6-20-15/h2-6,18H,7-10H2,1H3,(H,19,20,21). The van der Waals surface area contributed by atoms with Crippen molar-refractivity contribution in [3.05, 3.63) is 35.6 Å². The topological polar surface area (TPSA) is 62.3 Å². The maximum Gasteiger partial charge on any atom is 0.227 e. The van der Waals surface area contributed by atoms with Gasteiger partial charge in [0, 0.05) is 43.3 Å². The van der Waals surface area contributed by atoms with Gasteiger partial charge in [-0.15, -0.1) is 0 Å². The average Bonchev–Trinajstić information content (AvgIpc) is 2.48. The molecule has 120 valence electrons. The lowest BCUT2D eigenvalue weighted by Crippen LogP contribution is -2.71. The fraction of sp³-hybridized carbons (Fsp3) is 0.375. The number of methoxy groups -OCH3 is 1. The molecule has 2 aliphatic heterocycles. The summed E-state index contributed by atoms with van der Waals surface area (Å²) in [6.07, 6.45) is 3.12. The maximum absolute atomic E-state index is 5.80. The highest BCUT2D eigenvalue weighted by Gasteiger charge is 2.47. The average molecular weight is 332 g/mol. The summed E-state index contributed by atoms with van der Waals surface area (Å²) >= 11 is 5.80. The minimum atomic E-state index is 0.490. The van der Waals surface area contributed by atoms with Crippen LogP contribution in [0.3, 0.4) is 0 Å². The van der Waals surface area contributed by atoms with Gasteiger partial charge in [-0.1, -0.05) is 11.6 Å². The molecule has 6 nitrogen and oxygen atoms in total. The number of benzene rings is 1. The third kappa shape index (κ3) is 2.68. The van der Waals surface area contributed by atoms with E-state index in [9.17, 15) is 0 Å². The molecule has 23 heavy (non-hydrogen) atoms. The molecule has 2 N–H and O–H groups in total. The van der Waals surface area contributed by atoms with Gasteiger partial charge in [0.2, 0.25) is 5.95 Å². The summed E-state index contributed by atoms with van der Waals surface area (Å²) in [4.78, 5) is 10.7. The Kier molecular flexibility index (Phi) is 3.50. The van der Waals surface area contributed by atoms with Crippen LogP contribution in [-0.4, -0.2) is 43.3 Å². The summed E-state index contributed by atoms with van der Waals surface area (Å²) in [6, 6.07) is 6.15. The Bertz CT molecular complexity index is 709. The van der Waals surface area contributed by atoms with Crippen molar-refractivity contribution in [1.29, 1.82) is 0 Å². The summed E-state index contributed by atoms with van der Waals surface area (Å²) in [5.41, 5.74) is 2.52. The number of ether oxygens (including phenoxy) is 1. The van der Waals surface area contributed by atoms with E-state index in [-0.39, 0.29) is 0 Å². The highest BCUT2D eigenvalue weighted by atomic mass is 35.5. The Morgan fingerprint density at radius 3 is 2.61 bits per heavy atom. The molecule has 2 aromatic rings. The number of anilines is 3. The van der Waals surface area contributed by atoms with Crippen LogP contribution >= 0.6 is 11.6 Å². The molecule has 2 fully saturated rings. The Balaban J connectivity index is 1.51. The van der Waals surface area contributed by atoms with Crippen LogP contribution < -0.4 is 20.3 Å². The van der Waals surface area contributed by atoms with E-state index in [1.54, 1.807) is 19.5 Å². The molecule has 1 spiro atoms. The molecule has 4 rings (SSSR count). The van der Waals surface area contributed by atoms with Crippen LogP contribution in [0.25, 0.3) is 0 Å². The molecular formula is C16H18ClN5O. The van der Waals surface area contributed by atoms with E-state index in [0.717, 1.165) is 37.6 Å². The molecule has 0 atom stereocenters. The number of hydrogen-bond donors (Lipinski definition) is 2. The number of nitrogens with zero attached hydrogens (tertiary/aromatic N) is 3. The molecule has 0 amide bonds. The molecular weight excluding hydrogens is 314 g/mol. The van der Waals surface area contributed by atoms with Gasteiger partial charge in [-0.25, -0.2) is 9.97 Å². The lowest BCUT2D eigenvalue weighted by atomic mass is 9.74. The van der Waals surface area contributed by atoms with Crippen LogP contribution in [0.5, 0.6) is 5.75 Å². The Morgan fingerprint density at radius 1 is 1.26 bits per heavy atom. The molecule has 0 aliphatic carbocycles. The van der Waals surface area contributed by atoms with Crippen molar-refractivity contribution in [2.75, 3.05) is 43.5 Å². The van der Waals surface area contributed by atoms with Crippen LogP contribution in [0.2, 0.25) is 5.02 Å². The van der Waals surface area contributed by atoms with Gasteiger partial charge in [0.05, 0.1) is 30.2 Å². The zero-order valence-electron chi connectivity index (χ0n) is 12.8. The van der Waals surface area contributed by atoms with Crippen molar-refractivity contribution in [3.63, 3.8) is 0 Å². The van der Waals surface area contributed by atoms with E-state index in [4.69, 9.17) is 16.3 Å². The first-order valence-corrected chi connectivity index (χ1v) is 7.94. The number of nitrogens with one attached hydrogen (secondary N) is 2. The first-order valence-electron chi connectivity index (χ1n) is 7.56. The van der Waals surface area contributed by atoms with E-state index >= 15 is 0 Å². The predicted octanol–water partition coefficient (Wildman–Crippen LogP) is 2.29. The third-order valence-electron chi connectivity index (χ3n) is 4.47. The maximum atomic E-state index is 5.80. The largest absolute Gasteiger partial charge is 0.494 e. The van der Waals surface area contributed by atoms with E-state index in [0.29, 0.717) is 16.4 Å². The van der Waals surface area contributed by atoms with Gasteiger partial charge in [-0.05, 0) is 12.1 Å². The number of hydrogen-bond acceptors (Lipinski definition) is 6. The predicted molar refractivity (Wildman–Crippen MR) is 90.8 cm³/mol. The second-order valence-corrected chi connectivity index (χ2v) is 6.63. The Labute approximate surface area is 139 Å². The van der Waals surface area contributed by atoms with E-state index in [2.05, 4.69) is 37.6 Å². The number of rotatable bonds is 4. The first kappa shape index (κ1) is 14.5. The van der Waals surface area contributed by atoms with Crippen molar-refractivity contribution < 1.29 is 4.74 Å². The molecule has 0 radical (unpaired) electrons. The smallest absolute Gasteiger partial charge is 0.227 e. The minimum Gasteiger partial charge on any atom is -0.494 e. The SMILES string of the molecule is COc1cc(N2CC3(CNC3)C2)ccc1Nc1ncc(Cl)cn1. The second kappa shape index (κ2) is 5.54. The van der Waals surface area contributed by atoms with E-state index in [1.165, 1.54) is 5.69 Å². The zero-order chi connectivity index (χ0) is 15.9. The summed E-state index contributed by atoms with van der Waals surface area (Å²) in [7, 11) is 1.67. The quantitative estimate of drug-likeness (QED) is 0.896. The van der Waals surface area contributed by atoms with Gasteiger partial charge in [0.25, 0.3) is 0 Å². The van der Waals surface area contributed by atoms with Gasteiger partial charge < -0.3 is 20.3 Å². The summed E-state index contributed by atoms with van der Waals surface area (Å²) < 4.78 is 5.51. The van der Waals surface area contributed by atoms with Crippen LogP contribution in [0.1, 0.15) is 0 Å². The van der Waals surface area contributed by atoms with Crippen molar-refractivity contribution in [3.8, 4) is 5.75 Å². The summed E-state index contributed by atoms with van der Waals surface area (Å²) in [6.45, 7) is 4.48. The van der Waals surface area contributed by atoms with Crippen LogP contribution in [0.15, 0.2) is 30.6 Å². The van der Waals surface area contributed by atoms with Crippen molar-refractivity contribution in [1.82, 2.24) is 15.3 Å². The fourth-order valence-electron chi connectivity index (χ4n) is 3.13. The molecule has 1 aromatic carbocycles. The Morgan fingerprint density at radius 2 is 2.00 bits per heavy atom. The minimum absolute atomic E-state index is 0.490. The summed E-state index contributed by atoms with van der Waals surface area (Å²) in [5, 5.41) is 7.02. The highest BCUT2D eigenvalue weighted by Crippen LogP contribution is 2.40. The van der Waals surface area contributed by atoms with Crippen LogP contribution in [0, 0.1) is 5.41 Å². The monoisotopic (exact) mass is 331 g/mol. The van der Waals surface area contributed by atoms with Crippen molar-refractivity contribution in [2.24, 2.45) is 5.41 Å². The third-order valence-corrected chi connectivity index (χ3v) is 4.66. The van der Waals surface area contributed by atoms with Crippen molar-refractivity contribution in [2.45, 2.75) is 0 Å². The number of aromatic nitrogens is 2. The Hall–Kier alpha value is -2.05. The molecule has 2 saturated heterocycles. The zero-order valence-corrected chi connectivity index (χ0v) is 13.6. The normalized spacial score (nSPS) is 18.3. The number of halogens is 1. The highest BCUT2D eigenvalue weighted by molar-refractivity contribution is 6.30. The van der Waals surface area contributed by atoms with Gasteiger partial charge in [0.15, 0.2) is 0 Å². The van der Waals surface area contributed by atoms with Gasteiger partial charge in [-0.3, -0.25) is 0 Å². The summed E-state index contributed by atoms with van der Waals surface area (Å²) in [5.74, 6) is 1.26. The van der Waals surface area contributed by atoms with Crippen LogP contribution in [-0.2, 0) is 0 Å². The van der Waals surface area contributed by atoms with Crippen LogP contribution in [0.4, 0.5) is 17.3 Å². The molecule has 0 unspecified atom stereocenters. The molecule has 0 bridgehead atoms. The fourth-order valence-corrected chi connectivity index (χ4v) is 3.22. The molecule has 7 heteroatoms. The van der Waals surface area contributed by atoms with E-state index in [1.807, 2.05) is 6.07 Å². The van der Waals surface area contributed by atoms with Gasteiger partial charge in [0.1, 0.15) is 5.75 Å². The molecule has 2 aliphatic rings. The van der Waals surface area contributed by atoms with Crippen molar-refractivity contribution >= 4 is 28.9 Å². The lowest BCUT2D eigenvalue weighted by Gasteiger charge is -2.57. The first-order chi connectivity index (χ1) is 11.2. The van der Waals surface area contributed by atoms with E-state index < -0.39 is 0 Å². The molecule has 0 saturated carbocycles. The molecule has 1 aromatic heterocycles. The van der Waals surface area contributed by atoms with Gasteiger partial charge in [-0.2, -0.15) is 0 Å².